The van der Waals surface area contributed by atoms with E-state index in [9.17, 15) is 4.39 Å². The van der Waals surface area contributed by atoms with E-state index in [1.165, 1.54) is 7.11 Å². The van der Waals surface area contributed by atoms with Crippen molar-refractivity contribution in [3.63, 3.8) is 0 Å². The molecule has 0 aliphatic rings. The SMILES string of the molecule is COc1cc(C)cc(Br)c1F. The first-order valence-electron chi connectivity index (χ1n) is 3.15. The lowest BCUT2D eigenvalue weighted by Crippen LogP contribution is -1.89. The monoisotopic (exact) mass is 218 g/mol. The van der Waals surface area contributed by atoms with Gasteiger partial charge < -0.3 is 4.74 Å². The molecule has 0 radical (unpaired) electrons. The molecule has 0 N–H and O–H groups in total. The van der Waals surface area contributed by atoms with Crippen LogP contribution in [0.3, 0.4) is 0 Å². The first-order valence-corrected chi connectivity index (χ1v) is 3.94. The largest absolute Gasteiger partial charge is 0.494 e. The molecule has 0 aliphatic carbocycles. The third-order valence-corrected chi connectivity index (χ3v) is 1.94. The average Bonchev–Trinajstić information content (AvgIpc) is 1.96. The van der Waals surface area contributed by atoms with Crippen molar-refractivity contribution in [3.8, 4) is 5.75 Å². The lowest BCUT2D eigenvalue weighted by molar-refractivity contribution is 0.385. The van der Waals surface area contributed by atoms with Gasteiger partial charge in [0.05, 0.1) is 11.6 Å². The normalized spacial score (nSPS) is 9.82. The molecule has 0 aromatic heterocycles. The molecule has 0 heterocycles. The summed E-state index contributed by atoms with van der Waals surface area (Å²) in [6, 6.07) is 3.36. The van der Waals surface area contributed by atoms with Crippen LogP contribution in [0.15, 0.2) is 16.6 Å². The summed E-state index contributed by atoms with van der Waals surface area (Å²) in [4.78, 5) is 0. The van der Waals surface area contributed by atoms with Crippen LogP contribution in [0.5, 0.6) is 5.75 Å². The van der Waals surface area contributed by atoms with Gasteiger partial charge in [0.15, 0.2) is 11.6 Å². The second kappa shape index (κ2) is 3.22. The Kier molecular flexibility index (Phi) is 2.49. The molecule has 0 spiro atoms. The van der Waals surface area contributed by atoms with Crippen molar-refractivity contribution in [2.75, 3.05) is 7.11 Å². The van der Waals surface area contributed by atoms with E-state index in [4.69, 9.17) is 4.74 Å². The predicted octanol–water partition coefficient (Wildman–Crippen LogP) is 2.91. The first-order chi connectivity index (χ1) is 5.15. The second-order valence-electron chi connectivity index (χ2n) is 2.26. The maximum Gasteiger partial charge on any atom is 0.179 e. The third-order valence-electron chi connectivity index (χ3n) is 1.36. The maximum absolute atomic E-state index is 13.0. The summed E-state index contributed by atoms with van der Waals surface area (Å²) in [7, 11) is 1.45. The molecule has 1 nitrogen and oxygen atoms in total. The Hall–Kier alpha value is -0.570. The summed E-state index contributed by atoms with van der Waals surface area (Å²) in [5.41, 5.74) is 0.968. The molecule has 11 heavy (non-hydrogen) atoms. The molecule has 0 saturated heterocycles. The third kappa shape index (κ3) is 1.71. The molecule has 0 amide bonds. The Balaban J connectivity index is 3.24. The zero-order valence-corrected chi connectivity index (χ0v) is 7.90. The molecular weight excluding hydrogens is 211 g/mol. The fraction of sp³-hybridized carbons (Fsp3) is 0.250. The van der Waals surface area contributed by atoms with E-state index in [0.29, 0.717) is 4.47 Å². The Labute approximate surface area is 73.3 Å². The number of halogens is 2. The van der Waals surface area contributed by atoms with Crippen molar-refractivity contribution in [1.82, 2.24) is 0 Å². The highest BCUT2D eigenvalue weighted by molar-refractivity contribution is 9.10. The number of hydrogen-bond acceptors (Lipinski definition) is 1. The fourth-order valence-corrected chi connectivity index (χ4v) is 1.40. The van der Waals surface area contributed by atoms with E-state index in [1.807, 2.05) is 6.92 Å². The van der Waals surface area contributed by atoms with Gasteiger partial charge in [-0.1, -0.05) is 0 Å². The van der Waals surface area contributed by atoms with Crippen LogP contribution in [-0.4, -0.2) is 7.11 Å². The van der Waals surface area contributed by atoms with E-state index in [2.05, 4.69) is 15.9 Å². The number of hydrogen-bond donors (Lipinski definition) is 0. The predicted molar refractivity (Wildman–Crippen MR) is 45.4 cm³/mol. The first kappa shape index (κ1) is 8.53. The van der Waals surface area contributed by atoms with Gasteiger partial charge in [-0.2, -0.15) is 0 Å². The summed E-state index contributed by atoms with van der Waals surface area (Å²) >= 11 is 3.08. The molecule has 3 heteroatoms. The fourth-order valence-electron chi connectivity index (χ4n) is 0.841. The van der Waals surface area contributed by atoms with E-state index in [0.717, 1.165) is 5.56 Å². The summed E-state index contributed by atoms with van der Waals surface area (Å²) in [5.74, 6) is -0.0741. The summed E-state index contributed by atoms with van der Waals surface area (Å²) in [5, 5.41) is 0. The number of ether oxygens (including phenoxy) is 1. The van der Waals surface area contributed by atoms with Crippen molar-refractivity contribution < 1.29 is 9.13 Å². The van der Waals surface area contributed by atoms with Gasteiger partial charge in [-0.05, 0) is 40.5 Å². The van der Waals surface area contributed by atoms with Gasteiger partial charge in [-0.25, -0.2) is 4.39 Å². The number of rotatable bonds is 1. The van der Waals surface area contributed by atoms with Crippen LogP contribution in [0.4, 0.5) is 4.39 Å². The Morgan fingerprint density at radius 2 is 2.09 bits per heavy atom. The number of benzene rings is 1. The molecule has 0 fully saturated rings. The highest BCUT2D eigenvalue weighted by Gasteiger charge is 2.06. The van der Waals surface area contributed by atoms with Crippen molar-refractivity contribution in [3.05, 3.63) is 28.0 Å². The summed E-state index contributed by atoms with van der Waals surface area (Å²) in [6.45, 7) is 1.88. The summed E-state index contributed by atoms with van der Waals surface area (Å²) < 4.78 is 18.3. The molecule has 1 aromatic carbocycles. The molecule has 0 saturated carbocycles. The quantitative estimate of drug-likeness (QED) is 0.705. The second-order valence-corrected chi connectivity index (χ2v) is 3.12. The van der Waals surface area contributed by atoms with Gasteiger partial charge in [0.25, 0.3) is 0 Å². The van der Waals surface area contributed by atoms with Gasteiger partial charge in [0.2, 0.25) is 0 Å². The van der Waals surface area contributed by atoms with Gasteiger partial charge in [-0.3, -0.25) is 0 Å². The highest BCUT2D eigenvalue weighted by Crippen LogP contribution is 2.26. The average molecular weight is 219 g/mol. The summed E-state index contributed by atoms with van der Waals surface area (Å²) in [6.07, 6.45) is 0. The van der Waals surface area contributed by atoms with Gasteiger partial charge in [0.1, 0.15) is 0 Å². The van der Waals surface area contributed by atoms with Gasteiger partial charge in [0, 0.05) is 0 Å². The lowest BCUT2D eigenvalue weighted by Gasteiger charge is -2.03. The Morgan fingerprint density at radius 1 is 1.45 bits per heavy atom. The van der Waals surface area contributed by atoms with Crippen LogP contribution in [-0.2, 0) is 0 Å². The minimum atomic E-state index is -0.349. The van der Waals surface area contributed by atoms with Crippen LogP contribution in [0.25, 0.3) is 0 Å². The van der Waals surface area contributed by atoms with Crippen LogP contribution in [0.2, 0.25) is 0 Å². The van der Waals surface area contributed by atoms with E-state index >= 15 is 0 Å². The van der Waals surface area contributed by atoms with E-state index in [1.54, 1.807) is 12.1 Å². The molecule has 0 bridgehead atoms. The minimum absolute atomic E-state index is 0.275. The van der Waals surface area contributed by atoms with Crippen LogP contribution in [0.1, 0.15) is 5.56 Å². The van der Waals surface area contributed by atoms with Crippen molar-refractivity contribution >= 4 is 15.9 Å². The minimum Gasteiger partial charge on any atom is -0.494 e. The van der Waals surface area contributed by atoms with E-state index < -0.39 is 0 Å². The van der Waals surface area contributed by atoms with Crippen molar-refractivity contribution in [2.24, 2.45) is 0 Å². The molecule has 1 aromatic rings. The zero-order chi connectivity index (χ0) is 8.43. The van der Waals surface area contributed by atoms with Gasteiger partial charge >= 0.3 is 0 Å². The van der Waals surface area contributed by atoms with Gasteiger partial charge in [-0.15, -0.1) is 0 Å². The number of methoxy groups -OCH3 is 1. The highest BCUT2D eigenvalue weighted by atomic mass is 79.9. The molecule has 1 rings (SSSR count). The number of aryl methyl sites for hydroxylation is 1. The molecular formula is C8H8BrFO. The molecule has 0 unspecified atom stereocenters. The van der Waals surface area contributed by atoms with Crippen LogP contribution >= 0.6 is 15.9 Å². The molecule has 0 aliphatic heterocycles. The topological polar surface area (TPSA) is 9.23 Å². The van der Waals surface area contributed by atoms with E-state index in [-0.39, 0.29) is 11.6 Å². The van der Waals surface area contributed by atoms with Crippen LogP contribution in [0, 0.1) is 12.7 Å². The Morgan fingerprint density at radius 3 is 2.64 bits per heavy atom. The molecule has 60 valence electrons. The Bertz CT molecular complexity index is 273. The zero-order valence-electron chi connectivity index (χ0n) is 6.32. The van der Waals surface area contributed by atoms with Crippen molar-refractivity contribution in [2.45, 2.75) is 6.92 Å². The smallest absolute Gasteiger partial charge is 0.179 e. The maximum atomic E-state index is 13.0. The molecule has 0 atom stereocenters. The van der Waals surface area contributed by atoms with Crippen LogP contribution < -0.4 is 4.74 Å². The standard InChI is InChI=1S/C8H8BrFO/c1-5-3-6(9)8(10)7(4-5)11-2/h3-4H,1-2H3. The lowest BCUT2D eigenvalue weighted by atomic mass is 10.2. The van der Waals surface area contributed by atoms with Crippen molar-refractivity contribution in [1.29, 1.82) is 0 Å².